The van der Waals surface area contributed by atoms with Crippen LogP contribution in [0.5, 0.6) is 5.75 Å². The van der Waals surface area contributed by atoms with Crippen molar-refractivity contribution in [3.8, 4) is 5.75 Å². The van der Waals surface area contributed by atoms with E-state index in [4.69, 9.17) is 0 Å². The molecule has 1 atom stereocenters. The molecule has 0 unspecified atom stereocenters. The molecule has 3 N–H and O–H groups in total. The molecule has 1 aliphatic carbocycles. The molecule has 4 heteroatoms. The van der Waals surface area contributed by atoms with Gasteiger partial charge in [-0.3, -0.25) is 4.79 Å². The first kappa shape index (κ1) is 17.5. The van der Waals surface area contributed by atoms with Gasteiger partial charge in [0.15, 0.2) is 0 Å². The van der Waals surface area contributed by atoms with Crippen LogP contribution < -0.4 is 5.32 Å². The Kier molecular flexibility index (Phi) is 5.71. The second kappa shape index (κ2) is 8.17. The van der Waals surface area contributed by atoms with Crippen molar-refractivity contribution in [2.75, 3.05) is 0 Å². The lowest BCUT2D eigenvalue weighted by atomic mass is 9.81. The number of aliphatic carboxylic acids is 1. The van der Waals surface area contributed by atoms with Gasteiger partial charge in [0.2, 0.25) is 0 Å². The zero-order chi connectivity index (χ0) is 17.6. The minimum Gasteiger partial charge on any atom is -0.508 e. The number of hydrogen-bond acceptors (Lipinski definition) is 3. The SMILES string of the molecule is O=C(O)[C@H](Cc1ccccc1)NC1CCC(c2ccc(O)cc2)CC1. The summed E-state index contributed by atoms with van der Waals surface area (Å²) in [4.78, 5) is 11.6. The minimum absolute atomic E-state index is 0.248. The van der Waals surface area contributed by atoms with E-state index in [9.17, 15) is 15.0 Å². The van der Waals surface area contributed by atoms with E-state index in [2.05, 4.69) is 5.32 Å². The number of carboxylic acids is 1. The Morgan fingerprint density at radius 3 is 2.24 bits per heavy atom. The van der Waals surface area contributed by atoms with Crippen molar-refractivity contribution in [2.45, 2.75) is 50.1 Å². The third-order valence-corrected chi connectivity index (χ3v) is 5.11. The summed E-state index contributed by atoms with van der Waals surface area (Å²) in [6.45, 7) is 0. The van der Waals surface area contributed by atoms with Gasteiger partial charge in [-0.1, -0.05) is 42.5 Å². The quantitative estimate of drug-likeness (QED) is 0.750. The van der Waals surface area contributed by atoms with E-state index < -0.39 is 12.0 Å². The third kappa shape index (κ3) is 4.83. The van der Waals surface area contributed by atoms with Crippen molar-refractivity contribution < 1.29 is 15.0 Å². The molecule has 0 amide bonds. The van der Waals surface area contributed by atoms with Crippen molar-refractivity contribution in [1.82, 2.24) is 5.32 Å². The molecule has 0 bridgehead atoms. The van der Waals surface area contributed by atoms with Gasteiger partial charge in [-0.2, -0.15) is 0 Å². The van der Waals surface area contributed by atoms with E-state index in [0.29, 0.717) is 18.1 Å². The molecule has 3 rings (SSSR count). The van der Waals surface area contributed by atoms with Crippen molar-refractivity contribution in [1.29, 1.82) is 0 Å². The molecule has 1 fully saturated rings. The fourth-order valence-corrected chi connectivity index (χ4v) is 3.69. The first-order valence-corrected chi connectivity index (χ1v) is 8.93. The van der Waals surface area contributed by atoms with Crippen LogP contribution in [0.1, 0.15) is 42.7 Å². The van der Waals surface area contributed by atoms with Gasteiger partial charge in [-0.25, -0.2) is 0 Å². The van der Waals surface area contributed by atoms with Gasteiger partial charge < -0.3 is 15.5 Å². The number of carboxylic acid groups (broad SMARTS) is 1. The molecular weight excluding hydrogens is 314 g/mol. The molecule has 1 aliphatic rings. The van der Waals surface area contributed by atoms with Crippen LogP contribution in [0, 0.1) is 0 Å². The normalized spacial score (nSPS) is 21.6. The number of nitrogens with one attached hydrogen (secondary N) is 1. The molecule has 4 nitrogen and oxygen atoms in total. The Morgan fingerprint density at radius 2 is 1.64 bits per heavy atom. The Hall–Kier alpha value is -2.33. The van der Waals surface area contributed by atoms with Crippen LogP contribution in [0.25, 0.3) is 0 Å². The molecule has 1 saturated carbocycles. The summed E-state index contributed by atoms with van der Waals surface area (Å²) in [7, 11) is 0. The Bertz CT molecular complexity index is 676. The molecule has 0 radical (unpaired) electrons. The van der Waals surface area contributed by atoms with Crippen LogP contribution in [0.15, 0.2) is 54.6 Å². The monoisotopic (exact) mass is 339 g/mol. The van der Waals surface area contributed by atoms with E-state index in [1.54, 1.807) is 12.1 Å². The van der Waals surface area contributed by atoms with E-state index in [1.807, 2.05) is 42.5 Å². The Balaban J connectivity index is 1.54. The molecule has 0 aliphatic heterocycles. The summed E-state index contributed by atoms with van der Waals surface area (Å²) in [6, 6.07) is 16.9. The lowest BCUT2D eigenvalue weighted by Gasteiger charge is -2.31. The van der Waals surface area contributed by atoms with Gasteiger partial charge in [0.25, 0.3) is 0 Å². The van der Waals surface area contributed by atoms with E-state index in [1.165, 1.54) is 5.56 Å². The topological polar surface area (TPSA) is 69.6 Å². The summed E-state index contributed by atoms with van der Waals surface area (Å²) >= 11 is 0. The van der Waals surface area contributed by atoms with Crippen molar-refractivity contribution in [3.05, 3.63) is 65.7 Å². The number of benzene rings is 2. The zero-order valence-corrected chi connectivity index (χ0v) is 14.3. The predicted octanol–water partition coefficient (Wildman–Crippen LogP) is 3.70. The summed E-state index contributed by atoms with van der Waals surface area (Å²) < 4.78 is 0. The Labute approximate surface area is 148 Å². The van der Waals surface area contributed by atoms with Gasteiger partial charge >= 0.3 is 5.97 Å². The van der Waals surface area contributed by atoms with Crippen LogP contribution in [0.2, 0.25) is 0 Å². The summed E-state index contributed by atoms with van der Waals surface area (Å²) in [5.74, 6) is 0.00452. The number of phenolic OH excluding ortho intramolecular Hbond substituents is 1. The van der Waals surface area contributed by atoms with Crippen molar-refractivity contribution in [2.24, 2.45) is 0 Å². The molecule has 0 aromatic heterocycles. The average molecular weight is 339 g/mol. The smallest absolute Gasteiger partial charge is 0.321 e. The largest absolute Gasteiger partial charge is 0.508 e. The lowest BCUT2D eigenvalue weighted by Crippen LogP contribution is -2.45. The number of aromatic hydroxyl groups is 1. The number of hydrogen-bond donors (Lipinski definition) is 3. The van der Waals surface area contributed by atoms with Crippen molar-refractivity contribution >= 4 is 5.97 Å². The predicted molar refractivity (Wildman–Crippen MR) is 97.8 cm³/mol. The highest BCUT2D eigenvalue weighted by molar-refractivity contribution is 5.74. The molecule has 0 heterocycles. The molecule has 0 saturated heterocycles. The molecule has 25 heavy (non-hydrogen) atoms. The maximum atomic E-state index is 11.6. The highest BCUT2D eigenvalue weighted by Gasteiger charge is 2.26. The first-order valence-electron chi connectivity index (χ1n) is 8.93. The molecule has 2 aromatic rings. The molecule has 132 valence electrons. The standard InChI is InChI=1S/C21H25NO3/c23-19-12-8-17(9-13-19)16-6-10-18(11-7-16)22-20(21(24)25)14-15-4-2-1-3-5-15/h1-5,8-9,12-13,16,18,20,22-23H,6-7,10-11,14H2,(H,24,25)/t16?,18?,20-/m0/s1. The van der Waals surface area contributed by atoms with Gasteiger partial charge in [-0.05, 0) is 61.3 Å². The van der Waals surface area contributed by atoms with Crippen LogP contribution in [0.3, 0.4) is 0 Å². The van der Waals surface area contributed by atoms with E-state index in [0.717, 1.165) is 31.2 Å². The second-order valence-corrected chi connectivity index (χ2v) is 6.89. The van der Waals surface area contributed by atoms with Gasteiger partial charge in [-0.15, -0.1) is 0 Å². The zero-order valence-electron chi connectivity index (χ0n) is 14.3. The maximum Gasteiger partial charge on any atom is 0.321 e. The second-order valence-electron chi connectivity index (χ2n) is 6.89. The highest BCUT2D eigenvalue weighted by atomic mass is 16.4. The Morgan fingerprint density at radius 1 is 1.00 bits per heavy atom. The average Bonchev–Trinajstić information content (AvgIpc) is 2.63. The fourth-order valence-electron chi connectivity index (χ4n) is 3.69. The van der Waals surface area contributed by atoms with Crippen LogP contribution in [0.4, 0.5) is 0 Å². The fraction of sp³-hybridized carbons (Fsp3) is 0.381. The maximum absolute atomic E-state index is 11.6. The number of carbonyl (C=O) groups is 1. The van der Waals surface area contributed by atoms with Crippen LogP contribution >= 0.6 is 0 Å². The van der Waals surface area contributed by atoms with Gasteiger partial charge in [0, 0.05) is 6.04 Å². The summed E-state index contributed by atoms with van der Waals surface area (Å²) in [5.41, 5.74) is 2.30. The van der Waals surface area contributed by atoms with E-state index >= 15 is 0 Å². The number of rotatable bonds is 6. The van der Waals surface area contributed by atoms with Crippen molar-refractivity contribution in [3.63, 3.8) is 0 Å². The van der Waals surface area contributed by atoms with Crippen LogP contribution in [-0.4, -0.2) is 28.3 Å². The summed E-state index contributed by atoms with van der Waals surface area (Å²) in [5, 5.41) is 22.3. The number of phenols is 1. The van der Waals surface area contributed by atoms with E-state index in [-0.39, 0.29) is 6.04 Å². The van der Waals surface area contributed by atoms with Gasteiger partial charge in [0.05, 0.1) is 0 Å². The molecule has 0 spiro atoms. The van der Waals surface area contributed by atoms with Gasteiger partial charge in [0.1, 0.15) is 11.8 Å². The highest BCUT2D eigenvalue weighted by Crippen LogP contribution is 2.33. The third-order valence-electron chi connectivity index (χ3n) is 5.11. The minimum atomic E-state index is -0.787. The molecule has 2 aromatic carbocycles. The van der Waals surface area contributed by atoms with Crippen LogP contribution in [-0.2, 0) is 11.2 Å². The summed E-state index contributed by atoms with van der Waals surface area (Å²) in [6.07, 6.45) is 4.54. The molecular formula is C21H25NO3. The lowest BCUT2D eigenvalue weighted by molar-refractivity contribution is -0.139. The first-order chi connectivity index (χ1) is 12.1.